The molecule has 3 nitrogen and oxygen atoms in total. The van der Waals surface area contributed by atoms with E-state index in [-0.39, 0.29) is 11.3 Å². The van der Waals surface area contributed by atoms with Gasteiger partial charge in [0.1, 0.15) is 12.4 Å². The third-order valence-electron chi connectivity index (χ3n) is 4.66. The number of hydrogen-bond acceptors (Lipinski definition) is 2. The molecule has 0 aromatic heterocycles. The molecule has 0 spiro atoms. The standard InChI is InChI=1S/C23H15ClF3NO2/c24-17-8-5-14(6-9-17)13-30-21-4-2-1-3-15(21)11-19-18-10-7-16(23(25,26)27)12-20(18)28-22(19)29/h1-12H,13H2,(H,28,29)/b19-11-. The number of rotatable bonds is 4. The zero-order valence-electron chi connectivity index (χ0n) is 15.5. The van der Waals surface area contributed by atoms with Gasteiger partial charge in [0.15, 0.2) is 0 Å². The molecule has 1 aliphatic rings. The molecule has 152 valence electrons. The summed E-state index contributed by atoms with van der Waals surface area (Å²) in [7, 11) is 0. The minimum Gasteiger partial charge on any atom is -0.488 e. The Morgan fingerprint density at radius 2 is 1.73 bits per heavy atom. The molecule has 1 aliphatic heterocycles. The lowest BCUT2D eigenvalue weighted by atomic mass is 10.0. The second-order valence-electron chi connectivity index (χ2n) is 6.72. The molecule has 1 N–H and O–H groups in total. The third-order valence-corrected chi connectivity index (χ3v) is 4.91. The maximum Gasteiger partial charge on any atom is 0.416 e. The zero-order chi connectivity index (χ0) is 21.3. The van der Waals surface area contributed by atoms with Crippen molar-refractivity contribution in [3.05, 3.63) is 94.0 Å². The Morgan fingerprint density at radius 1 is 1.00 bits per heavy atom. The Balaban J connectivity index is 1.63. The Bertz CT molecular complexity index is 1140. The maximum atomic E-state index is 12.9. The molecule has 0 radical (unpaired) electrons. The number of fused-ring (bicyclic) bond motifs is 1. The van der Waals surface area contributed by atoms with Crippen molar-refractivity contribution in [2.24, 2.45) is 0 Å². The SMILES string of the molecule is O=C1Nc2cc(C(F)(F)F)ccc2/C1=C/c1ccccc1OCc1ccc(Cl)cc1. The van der Waals surface area contributed by atoms with Gasteiger partial charge in [-0.1, -0.05) is 48.0 Å². The third kappa shape index (κ3) is 4.19. The lowest BCUT2D eigenvalue weighted by Gasteiger charge is -2.10. The van der Waals surface area contributed by atoms with Gasteiger partial charge in [0.25, 0.3) is 5.91 Å². The number of amides is 1. The maximum absolute atomic E-state index is 12.9. The normalized spacial score (nSPS) is 14.5. The predicted molar refractivity (Wildman–Crippen MR) is 110 cm³/mol. The van der Waals surface area contributed by atoms with Crippen LogP contribution in [0.15, 0.2) is 66.7 Å². The second kappa shape index (κ2) is 7.88. The molecule has 30 heavy (non-hydrogen) atoms. The number of nitrogens with one attached hydrogen (secondary N) is 1. The van der Waals surface area contributed by atoms with Gasteiger partial charge in [0.2, 0.25) is 0 Å². The predicted octanol–water partition coefficient (Wildman–Crippen LogP) is 6.43. The first kappa shape index (κ1) is 20.0. The molecular formula is C23H15ClF3NO2. The molecule has 0 fully saturated rings. The fraction of sp³-hybridized carbons (Fsp3) is 0.0870. The first-order valence-corrected chi connectivity index (χ1v) is 9.40. The molecule has 0 unspecified atom stereocenters. The number of benzene rings is 3. The van der Waals surface area contributed by atoms with E-state index in [4.69, 9.17) is 16.3 Å². The van der Waals surface area contributed by atoms with Crippen LogP contribution < -0.4 is 10.1 Å². The van der Waals surface area contributed by atoms with Crippen LogP contribution in [0.3, 0.4) is 0 Å². The summed E-state index contributed by atoms with van der Waals surface area (Å²) in [5, 5.41) is 3.13. The van der Waals surface area contributed by atoms with Gasteiger partial charge in [-0.25, -0.2) is 0 Å². The summed E-state index contributed by atoms with van der Waals surface area (Å²) in [4.78, 5) is 12.4. The summed E-state index contributed by atoms with van der Waals surface area (Å²) >= 11 is 5.89. The fourth-order valence-electron chi connectivity index (χ4n) is 3.14. The Kier molecular flexibility index (Phi) is 5.26. The Hall–Kier alpha value is -3.25. The van der Waals surface area contributed by atoms with Gasteiger partial charge in [-0.05, 0) is 42.0 Å². The summed E-state index contributed by atoms with van der Waals surface area (Å²) < 4.78 is 44.7. The summed E-state index contributed by atoms with van der Waals surface area (Å²) in [5.74, 6) is 0.0879. The minimum absolute atomic E-state index is 0.139. The Morgan fingerprint density at radius 3 is 2.47 bits per heavy atom. The topological polar surface area (TPSA) is 38.3 Å². The van der Waals surface area contributed by atoms with Gasteiger partial charge < -0.3 is 10.1 Å². The van der Waals surface area contributed by atoms with Gasteiger partial charge in [0, 0.05) is 27.4 Å². The van der Waals surface area contributed by atoms with Crippen LogP contribution in [-0.4, -0.2) is 5.91 Å². The van der Waals surface area contributed by atoms with Crippen molar-refractivity contribution >= 4 is 34.8 Å². The lowest BCUT2D eigenvalue weighted by Crippen LogP contribution is -2.06. The first-order valence-electron chi connectivity index (χ1n) is 9.02. The van der Waals surface area contributed by atoms with Crippen molar-refractivity contribution < 1.29 is 22.7 Å². The van der Waals surface area contributed by atoms with Crippen molar-refractivity contribution in [2.75, 3.05) is 5.32 Å². The van der Waals surface area contributed by atoms with Crippen LogP contribution in [0.1, 0.15) is 22.3 Å². The molecule has 1 amide bonds. The zero-order valence-corrected chi connectivity index (χ0v) is 16.2. The van der Waals surface area contributed by atoms with E-state index in [0.29, 0.717) is 28.5 Å². The Labute approximate surface area is 175 Å². The van der Waals surface area contributed by atoms with Crippen LogP contribution in [0.2, 0.25) is 5.02 Å². The molecule has 0 saturated heterocycles. The molecular weight excluding hydrogens is 415 g/mol. The van der Waals surface area contributed by atoms with Gasteiger partial charge in [0.05, 0.1) is 5.56 Å². The number of para-hydroxylation sites is 1. The van der Waals surface area contributed by atoms with E-state index < -0.39 is 17.6 Å². The summed E-state index contributed by atoms with van der Waals surface area (Å²) in [6.07, 6.45) is -2.86. The fourth-order valence-corrected chi connectivity index (χ4v) is 3.27. The molecule has 1 heterocycles. The highest BCUT2D eigenvalue weighted by atomic mass is 35.5. The highest BCUT2D eigenvalue weighted by Crippen LogP contribution is 2.39. The van der Waals surface area contributed by atoms with Crippen molar-refractivity contribution in [2.45, 2.75) is 12.8 Å². The molecule has 0 atom stereocenters. The van der Waals surface area contributed by atoms with E-state index in [9.17, 15) is 18.0 Å². The molecule has 4 rings (SSSR count). The lowest BCUT2D eigenvalue weighted by molar-refractivity contribution is -0.137. The van der Waals surface area contributed by atoms with Crippen LogP contribution in [-0.2, 0) is 17.6 Å². The summed E-state index contributed by atoms with van der Waals surface area (Å²) in [6, 6.07) is 17.6. The molecule has 0 saturated carbocycles. The van der Waals surface area contributed by atoms with E-state index in [2.05, 4.69) is 5.32 Å². The summed E-state index contributed by atoms with van der Waals surface area (Å²) in [5.41, 5.74) is 1.59. The quantitative estimate of drug-likeness (QED) is 0.485. The molecule has 0 bridgehead atoms. The number of carbonyl (C=O) groups excluding carboxylic acids is 1. The van der Waals surface area contributed by atoms with E-state index in [1.807, 2.05) is 12.1 Å². The minimum atomic E-state index is -4.48. The van der Waals surface area contributed by atoms with Crippen LogP contribution in [0.25, 0.3) is 11.6 Å². The second-order valence-corrected chi connectivity index (χ2v) is 7.16. The highest BCUT2D eigenvalue weighted by Gasteiger charge is 2.33. The average Bonchev–Trinajstić information content (AvgIpc) is 3.02. The number of alkyl halides is 3. The van der Waals surface area contributed by atoms with E-state index in [0.717, 1.165) is 17.7 Å². The van der Waals surface area contributed by atoms with Crippen LogP contribution in [0.5, 0.6) is 5.75 Å². The van der Waals surface area contributed by atoms with Crippen molar-refractivity contribution in [3.8, 4) is 5.75 Å². The monoisotopic (exact) mass is 429 g/mol. The number of hydrogen-bond donors (Lipinski definition) is 1. The average molecular weight is 430 g/mol. The molecule has 0 aliphatic carbocycles. The van der Waals surface area contributed by atoms with Gasteiger partial charge in [-0.3, -0.25) is 4.79 Å². The number of anilines is 1. The van der Waals surface area contributed by atoms with Crippen molar-refractivity contribution in [3.63, 3.8) is 0 Å². The smallest absolute Gasteiger partial charge is 0.416 e. The highest BCUT2D eigenvalue weighted by molar-refractivity contribution is 6.35. The van der Waals surface area contributed by atoms with Crippen LogP contribution in [0, 0.1) is 0 Å². The van der Waals surface area contributed by atoms with Gasteiger partial charge in [-0.15, -0.1) is 0 Å². The first-order chi connectivity index (χ1) is 14.3. The largest absolute Gasteiger partial charge is 0.488 e. The number of halogens is 4. The molecule has 3 aromatic rings. The van der Waals surface area contributed by atoms with Crippen LogP contribution in [0.4, 0.5) is 18.9 Å². The van der Waals surface area contributed by atoms with E-state index in [1.165, 1.54) is 6.07 Å². The van der Waals surface area contributed by atoms with Gasteiger partial charge in [-0.2, -0.15) is 13.2 Å². The van der Waals surface area contributed by atoms with E-state index in [1.54, 1.807) is 42.5 Å². The van der Waals surface area contributed by atoms with Crippen molar-refractivity contribution in [1.29, 1.82) is 0 Å². The van der Waals surface area contributed by atoms with Gasteiger partial charge >= 0.3 is 6.18 Å². The van der Waals surface area contributed by atoms with Crippen molar-refractivity contribution in [1.82, 2.24) is 0 Å². The van der Waals surface area contributed by atoms with Crippen LogP contribution >= 0.6 is 11.6 Å². The van der Waals surface area contributed by atoms with E-state index >= 15 is 0 Å². The molecule has 3 aromatic carbocycles. The number of carbonyl (C=O) groups is 1. The summed E-state index contributed by atoms with van der Waals surface area (Å²) in [6.45, 7) is 0.301. The number of ether oxygens (including phenoxy) is 1. The molecule has 7 heteroatoms.